The molecule has 1 aliphatic carbocycles. The Labute approximate surface area is 139 Å². The molecule has 23 heavy (non-hydrogen) atoms. The van der Waals surface area contributed by atoms with Gasteiger partial charge in [0.2, 0.25) is 0 Å². The van der Waals surface area contributed by atoms with Gasteiger partial charge in [0.1, 0.15) is 12.2 Å². The molecule has 0 saturated heterocycles. The van der Waals surface area contributed by atoms with E-state index in [1.54, 1.807) is 18.2 Å². The fraction of sp³-hybridized carbons (Fsp3) is 0.438. The van der Waals surface area contributed by atoms with Crippen molar-refractivity contribution in [2.75, 3.05) is 6.54 Å². The number of hydrogen-bond acceptors (Lipinski definition) is 4. The molecule has 0 radical (unpaired) electrons. The number of aliphatic hydroxyl groups is 1. The maximum absolute atomic E-state index is 12.3. The van der Waals surface area contributed by atoms with Gasteiger partial charge in [0.15, 0.2) is 0 Å². The van der Waals surface area contributed by atoms with E-state index in [4.69, 9.17) is 11.6 Å². The van der Waals surface area contributed by atoms with Crippen LogP contribution < -0.4 is 5.32 Å². The predicted molar refractivity (Wildman–Crippen MR) is 86.4 cm³/mol. The number of carbonyl (C=O) groups is 1. The molecule has 1 aliphatic rings. The molecule has 1 amide bonds. The Morgan fingerprint density at radius 2 is 2.30 bits per heavy atom. The van der Waals surface area contributed by atoms with Crippen LogP contribution in [0.15, 0.2) is 24.5 Å². The first kappa shape index (κ1) is 16.0. The van der Waals surface area contributed by atoms with E-state index in [1.807, 2.05) is 6.92 Å². The number of H-pyrrole nitrogens is 1. The highest BCUT2D eigenvalue weighted by atomic mass is 35.5. The molecule has 122 valence electrons. The monoisotopic (exact) mass is 334 g/mol. The normalized spacial score (nSPS) is 23.9. The van der Waals surface area contributed by atoms with Crippen LogP contribution in [-0.2, 0) is 0 Å². The van der Waals surface area contributed by atoms with E-state index in [-0.39, 0.29) is 17.7 Å². The van der Waals surface area contributed by atoms with Crippen LogP contribution in [0, 0.1) is 12.8 Å². The van der Waals surface area contributed by atoms with Crippen LogP contribution in [0.3, 0.4) is 0 Å². The van der Waals surface area contributed by atoms with Crippen LogP contribution in [0.5, 0.6) is 0 Å². The number of aromatic amines is 1. The SMILES string of the molecule is Cc1c(Cl)cccc1C(=O)NC[C@@H]1C[C@@H](c2ncn[nH]2)C[C@@H]1O. The second kappa shape index (κ2) is 6.68. The quantitative estimate of drug-likeness (QED) is 0.798. The summed E-state index contributed by atoms with van der Waals surface area (Å²) in [6, 6.07) is 5.27. The highest BCUT2D eigenvalue weighted by Crippen LogP contribution is 2.36. The van der Waals surface area contributed by atoms with Crippen molar-refractivity contribution >= 4 is 17.5 Å². The molecule has 0 unspecified atom stereocenters. The van der Waals surface area contributed by atoms with Crippen molar-refractivity contribution in [3.8, 4) is 0 Å². The van der Waals surface area contributed by atoms with Crippen molar-refractivity contribution in [3.63, 3.8) is 0 Å². The Bertz CT molecular complexity index is 689. The van der Waals surface area contributed by atoms with Crippen LogP contribution >= 0.6 is 11.6 Å². The number of nitrogens with one attached hydrogen (secondary N) is 2. The first-order valence-corrected chi connectivity index (χ1v) is 8.00. The summed E-state index contributed by atoms with van der Waals surface area (Å²) in [5.74, 6) is 0.791. The number of hydrogen-bond donors (Lipinski definition) is 3. The van der Waals surface area contributed by atoms with E-state index in [0.717, 1.165) is 17.8 Å². The predicted octanol–water partition coefficient (Wildman–Crippen LogP) is 2.05. The average molecular weight is 335 g/mol. The third-order valence-corrected chi connectivity index (χ3v) is 4.92. The molecule has 0 aliphatic heterocycles. The van der Waals surface area contributed by atoms with Gasteiger partial charge in [-0.1, -0.05) is 17.7 Å². The van der Waals surface area contributed by atoms with Crippen LogP contribution in [-0.4, -0.2) is 38.8 Å². The Kier molecular flexibility index (Phi) is 4.63. The molecule has 1 aromatic heterocycles. The molecule has 2 aromatic rings. The molecule has 1 aromatic carbocycles. The summed E-state index contributed by atoms with van der Waals surface area (Å²) in [5, 5.41) is 20.4. The minimum absolute atomic E-state index is 0.00791. The summed E-state index contributed by atoms with van der Waals surface area (Å²) in [6.07, 6.45) is 2.42. The zero-order valence-electron chi connectivity index (χ0n) is 12.8. The van der Waals surface area contributed by atoms with Gasteiger partial charge < -0.3 is 10.4 Å². The summed E-state index contributed by atoms with van der Waals surface area (Å²) in [4.78, 5) is 16.5. The number of amides is 1. The van der Waals surface area contributed by atoms with Crippen LogP contribution in [0.2, 0.25) is 5.02 Å². The fourth-order valence-corrected chi connectivity index (χ4v) is 3.30. The van der Waals surface area contributed by atoms with Gasteiger partial charge in [0.05, 0.1) is 6.10 Å². The highest BCUT2D eigenvalue weighted by molar-refractivity contribution is 6.31. The molecule has 6 nitrogen and oxygen atoms in total. The third kappa shape index (κ3) is 3.38. The third-order valence-electron chi connectivity index (χ3n) is 4.51. The Morgan fingerprint density at radius 1 is 1.48 bits per heavy atom. The van der Waals surface area contributed by atoms with Gasteiger partial charge in [0, 0.05) is 29.0 Å². The lowest BCUT2D eigenvalue weighted by atomic mass is 10.0. The van der Waals surface area contributed by atoms with Crippen LogP contribution in [0.4, 0.5) is 0 Å². The summed E-state index contributed by atoms with van der Waals surface area (Å²) in [6.45, 7) is 2.25. The zero-order chi connectivity index (χ0) is 16.4. The second-order valence-corrected chi connectivity index (χ2v) is 6.40. The number of halogens is 1. The smallest absolute Gasteiger partial charge is 0.251 e. The molecule has 0 bridgehead atoms. The van der Waals surface area contributed by atoms with E-state index >= 15 is 0 Å². The second-order valence-electron chi connectivity index (χ2n) is 5.99. The van der Waals surface area contributed by atoms with Gasteiger partial charge in [-0.05, 0) is 37.5 Å². The van der Waals surface area contributed by atoms with Gasteiger partial charge in [-0.3, -0.25) is 9.89 Å². The van der Waals surface area contributed by atoms with E-state index in [0.29, 0.717) is 23.6 Å². The summed E-state index contributed by atoms with van der Waals surface area (Å²) in [7, 11) is 0. The lowest BCUT2D eigenvalue weighted by Crippen LogP contribution is -2.32. The molecule has 7 heteroatoms. The van der Waals surface area contributed by atoms with Crippen molar-refractivity contribution in [2.24, 2.45) is 5.92 Å². The lowest BCUT2D eigenvalue weighted by Gasteiger charge is -2.16. The molecule has 1 saturated carbocycles. The van der Waals surface area contributed by atoms with E-state index in [9.17, 15) is 9.90 Å². The molecule has 1 fully saturated rings. The maximum atomic E-state index is 12.3. The van der Waals surface area contributed by atoms with Crippen molar-refractivity contribution in [1.82, 2.24) is 20.5 Å². The number of aliphatic hydroxyl groups excluding tert-OH is 1. The molecule has 3 N–H and O–H groups in total. The number of benzene rings is 1. The number of aromatic nitrogens is 3. The van der Waals surface area contributed by atoms with E-state index in [1.165, 1.54) is 6.33 Å². The largest absolute Gasteiger partial charge is 0.393 e. The van der Waals surface area contributed by atoms with Crippen molar-refractivity contribution in [3.05, 3.63) is 46.5 Å². The average Bonchev–Trinajstić information content (AvgIpc) is 3.17. The first-order chi connectivity index (χ1) is 11.1. The van der Waals surface area contributed by atoms with Gasteiger partial charge in [0.25, 0.3) is 5.91 Å². The number of nitrogens with zero attached hydrogens (tertiary/aromatic N) is 2. The van der Waals surface area contributed by atoms with Gasteiger partial charge in [-0.2, -0.15) is 5.10 Å². The minimum Gasteiger partial charge on any atom is -0.393 e. The standard InChI is InChI=1S/C16H19ClN4O2/c1-9-12(3-2-4-13(9)17)16(23)18-7-11-5-10(6-14(11)22)15-19-8-20-21-15/h2-4,8,10-11,14,22H,5-7H2,1H3,(H,18,23)(H,19,20,21)/t10-,11+,14+/m1/s1. The topological polar surface area (TPSA) is 90.9 Å². The molecule has 1 heterocycles. The molecule has 0 spiro atoms. The minimum atomic E-state index is -0.453. The van der Waals surface area contributed by atoms with Crippen LogP contribution in [0.25, 0.3) is 0 Å². The maximum Gasteiger partial charge on any atom is 0.251 e. The van der Waals surface area contributed by atoms with E-state index in [2.05, 4.69) is 20.5 Å². The van der Waals surface area contributed by atoms with Crippen molar-refractivity contribution in [2.45, 2.75) is 31.8 Å². The Morgan fingerprint density at radius 3 is 3.04 bits per heavy atom. The summed E-state index contributed by atoms with van der Waals surface area (Å²) >= 11 is 6.05. The lowest BCUT2D eigenvalue weighted by molar-refractivity contribution is 0.0916. The van der Waals surface area contributed by atoms with Crippen LogP contribution in [0.1, 0.15) is 40.5 Å². The van der Waals surface area contributed by atoms with Gasteiger partial charge in [-0.25, -0.2) is 4.98 Å². The molecular weight excluding hydrogens is 316 g/mol. The Balaban J connectivity index is 1.60. The number of rotatable bonds is 4. The van der Waals surface area contributed by atoms with Crippen molar-refractivity contribution < 1.29 is 9.90 Å². The fourth-order valence-electron chi connectivity index (χ4n) is 3.13. The van der Waals surface area contributed by atoms with Gasteiger partial charge in [-0.15, -0.1) is 0 Å². The van der Waals surface area contributed by atoms with Gasteiger partial charge >= 0.3 is 0 Å². The first-order valence-electron chi connectivity index (χ1n) is 7.63. The molecular formula is C16H19ClN4O2. The highest BCUT2D eigenvalue weighted by Gasteiger charge is 2.35. The summed E-state index contributed by atoms with van der Waals surface area (Å²) in [5.41, 5.74) is 1.33. The molecule has 3 atom stereocenters. The molecule has 3 rings (SSSR count). The number of carbonyl (C=O) groups excluding carboxylic acids is 1. The van der Waals surface area contributed by atoms with E-state index < -0.39 is 6.10 Å². The zero-order valence-corrected chi connectivity index (χ0v) is 13.5. The Hall–Kier alpha value is -1.92. The van der Waals surface area contributed by atoms with Crippen molar-refractivity contribution in [1.29, 1.82) is 0 Å². The summed E-state index contributed by atoms with van der Waals surface area (Å²) < 4.78 is 0.